The van der Waals surface area contributed by atoms with Crippen molar-refractivity contribution < 1.29 is 0 Å². The van der Waals surface area contributed by atoms with Crippen molar-refractivity contribution in [3.8, 4) is 0 Å². The lowest BCUT2D eigenvalue weighted by Crippen LogP contribution is -2.48. The van der Waals surface area contributed by atoms with Crippen molar-refractivity contribution in [3.63, 3.8) is 0 Å². The van der Waals surface area contributed by atoms with Gasteiger partial charge in [-0.2, -0.15) is 0 Å². The Labute approximate surface area is 170 Å². The van der Waals surface area contributed by atoms with Crippen molar-refractivity contribution in [2.75, 3.05) is 75.2 Å². The van der Waals surface area contributed by atoms with Gasteiger partial charge in [-0.25, -0.2) is 0 Å². The van der Waals surface area contributed by atoms with Crippen molar-refractivity contribution in [1.82, 2.24) is 9.80 Å². The molecule has 2 aromatic carbocycles. The number of benzene rings is 2. The summed E-state index contributed by atoms with van der Waals surface area (Å²) in [6.07, 6.45) is 1.29. The van der Waals surface area contributed by atoms with Gasteiger partial charge in [-0.05, 0) is 50.2 Å². The summed E-state index contributed by atoms with van der Waals surface area (Å²) in [5.74, 6) is 0. The third-order valence-corrected chi connectivity index (χ3v) is 6.27. The smallest absolute Gasteiger partial charge is 0.0396 e. The highest BCUT2D eigenvalue weighted by molar-refractivity contribution is 5.53. The van der Waals surface area contributed by atoms with Gasteiger partial charge in [0.25, 0.3) is 0 Å². The molecule has 0 saturated carbocycles. The van der Waals surface area contributed by atoms with Crippen molar-refractivity contribution >= 4 is 11.4 Å². The number of para-hydroxylation sites is 2. The lowest BCUT2D eigenvalue weighted by molar-refractivity contribution is 0.213. The number of hydrogen-bond acceptors (Lipinski definition) is 4. The minimum atomic E-state index is 1.15. The Morgan fingerprint density at radius 2 is 1.14 bits per heavy atom. The average molecular weight is 379 g/mol. The molecule has 4 nitrogen and oxygen atoms in total. The zero-order chi connectivity index (χ0) is 19.2. The molecule has 4 rings (SSSR count). The molecule has 0 spiro atoms. The van der Waals surface area contributed by atoms with Crippen LogP contribution < -0.4 is 9.80 Å². The van der Waals surface area contributed by atoms with Crippen molar-refractivity contribution in [2.45, 2.75) is 13.3 Å². The van der Waals surface area contributed by atoms with Gasteiger partial charge in [0.05, 0.1) is 0 Å². The Morgan fingerprint density at radius 3 is 1.75 bits per heavy atom. The molecule has 2 aliphatic heterocycles. The van der Waals surface area contributed by atoms with Crippen LogP contribution in [0.25, 0.3) is 0 Å². The summed E-state index contributed by atoms with van der Waals surface area (Å²) in [5.41, 5.74) is 4.18. The first-order valence-corrected chi connectivity index (χ1v) is 10.8. The molecular weight excluding hydrogens is 344 g/mol. The molecule has 0 amide bonds. The van der Waals surface area contributed by atoms with Crippen LogP contribution in [-0.2, 0) is 0 Å². The van der Waals surface area contributed by atoms with Gasteiger partial charge in [0.2, 0.25) is 0 Å². The number of hydrogen-bond donors (Lipinski definition) is 0. The molecule has 0 aromatic heterocycles. The van der Waals surface area contributed by atoms with Gasteiger partial charge in [0.1, 0.15) is 0 Å². The van der Waals surface area contributed by atoms with E-state index in [9.17, 15) is 0 Å². The SMILES string of the molecule is Cc1ccccc1N1CCN(CCCN2CCN(c3ccccc3)CC2)CC1. The summed E-state index contributed by atoms with van der Waals surface area (Å²) in [5, 5.41) is 0. The molecule has 28 heavy (non-hydrogen) atoms. The highest BCUT2D eigenvalue weighted by Crippen LogP contribution is 2.21. The lowest BCUT2D eigenvalue weighted by Gasteiger charge is -2.38. The van der Waals surface area contributed by atoms with E-state index in [1.165, 1.54) is 62.6 Å². The van der Waals surface area contributed by atoms with Crippen LogP contribution in [0, 0.1) is 6.92 Å². The summed E-state index contributed by atoms with van der Waals surface area (Å²) in [6, 6.07) is 19.6. The first-order chi connectivity index (χ1) is 13.8. The zero-order valence-corrected chi connectivity index (χ0v) is 17.3. The quantitative estimate of drug-likeness (QED) is 0.764. The Kier molecular flexibility index (Phi) is 6.50. The second-order valence-electron chi connectivity index (χ2n) is 8.13. The topological polar surface area (TPSA) is 13.0 Å². The molecule has 2 saturated heterocycles. The maximum Gasteiger partial charge on any atom is 0.0396 e. The number of anilines is 2. The first-order valence-electron chi connectivity index (χ1n) is 10.8. The van der Waals surface area contributed by atoms with Gasteiger partial charge in [0.15, 0.2) is 0 Å². The normalized spacial score (nSPS) is 19.2. The fourth-order valence-electron chi connectivity index (χ4n) is 4.52. The zero-order valence-electron chi connectivity index (χ0n) is 17.3. The van der Waals surface area contributed by atoms with E-state index in [0.29, 0.717) is 0 Å². The molecule has 2 aliphatic rings. The van der Waals surface area contributed by atoms with E-state index >= 15 is 0 Å². The Hall–Kier alpha value is -2.04. The third-order valence-electron chi connectivity index (χ3n) is 6.27. The van der Waals surface area contributed by atoms with Crippen LogP contribution in [0.2, 0.25) is 0 Å². The van der Waals surface area contributed by atoms with Crippen molar-refractivity contribution in [3.05, 3.63) is 60.2 Å². The number of piperazine rings is 2. The van der Waals surface area contributed by atoms with E-state index in [4.69, 9.17) is 0 Å². The summed E-state index contributed by atoms with van der Waals surface area (Å²) < 4.78 is 0. The van der Waals surface area contributed by atoms with Crippen LogP contribution >= 0.6 is 0 Å². The van der Waals surface area contributed by atoms with Gasteiger partial charge in [-0.15, -0.1) is 0 Å². The van der Waals surface area contributed by atoms with Crippen molar-refractivity contribution in [1.29, 1.82) is 0 Å². The van der Waals surface area contributed by atoms with Crippen LogP contribution in [0.4, 0.5) is 11.4 Å². The first kappa shape index (κ1) is 19.3. The van der Waals surface area contributed by atoms with Crippen LogP contribution in [0.15, 0.2) is 54.6 Å². The van der Waals surface area contributed by atoms with E-state index in [1.807, 2.05) is 0 Å². The minimum Gasteiger partial charge on any atom is -0.369 e. The molecule has 2 heterocycles. The summed E-state index contributed by atoms with van der Waals surface area (Å²) in [6.45, 7) is 14.1. The molecule has 0 bridgehead atoms. The Bertz CT molecular complexity index is 716. The molecule has 0 unspecified atom stereocenters. The summed E-state index contributed by atoms with van der Waals surface area (Å²) >= 11 is 0. The van der Waals surface area contributed by atoms with E-state index in [2.05, 4.69) is 81.1 Å². The third kappa shape index (κ3) is 4.86. The van der Waals surface area contributed by atoms with Gasteiger partial charge in [-0.1, -0.05) is 36.4 Å². The Balaban J connectivity index is 1.14. The molecule has 0 aliphatic carbocycles. The number of nitrogens with zero attached hydrogens (tertiary/aromatic N) is 4. The Morgan fingerprint density at radius 1 is 0.607 bits per heavy atom. The second-order valence-corrected chi connectivity index (χ2v) is 8.13. The van der Waals surface area contributed by atoms with Crippen LogP contribution in [0.5, 0.6) is 0 Å². The fourth-order valence-corrected chi connectivity index (χ4v) is 4.52. The monoisotopic (exact) mass is 378 g/mol. The minimum absolute atomic E-state index is 1.15. The van der Waals surface area contributed by atoms with E-state index in [0.717, 1.165) is 26.2 Å². The largest absolute Gasteiger partial charge is 0.369 e. The standard InChI is InChI=1S/C24H34N4/c1-22-8-5-6-11-24(22)28-20-16-26(17-21-28)13-7-12-25-14-18-27(19-15-25)23-9-3-2-4-10-23/h2-6,8-11H,7,12-21H2,1H3. The predicted octanol–water partition coefficient (Wildman–Crippen LogP) is 3.33. The number of aryl methyl sites for hydroxylation is 1. The number of rotatable bonds is 6. The maximum atomic E-state index is 2.65. The molecule has 4 heteroatoms. The van der Waals surface area contributed by atoms with Gasteiger partial charge in [0, 0.05) is 63.7 Å². The molecule has 2 fully saturated rings. The van der Waals surface area contributed by atoms with Gasteiger partial charge in [-0.3, -0.25) is 9.80 Å². The summed E-state index contributed by atoms with van der Waals surface area (Å²) in [7, 11) is 0. The highest BCUT2D eigenvalue weighted by Gasteiger charge is 2.19. The van der Waals surface area contributed by atoms with Crippen LogP contribution in [-0.4, -0.2) is 75.2 Å². The molecule has 0 radical (unpaired) electrons. The molecule has 2 aromatic rings. The predicted molar refractivity (Wildman–Crippen MR) is 120 cm³/mol. The molecule has 150 valence electrons. The average Bonchev–Trinajstić information content (AvgIpc) is 2.76. The molecule has 0 N–H and O–H groups in total. The van der Waals surface area contributed by atoms with E-state index in [1.54, 1.807) is 0 Å². The van der Waals surface area contributed by atoms with E-state index < -0.39 is 0 Å². The van der Waals surface area contributed by atoms with E-state index in [-0.39, 0.29) is 0 Å². The summed E-state index contributed by atoms with van der Waals surface area (Å²) in [4.78, 5) is 10.4. The second kappa shape index (κ2) is 9.44. The fraction of sp³-hybridized carbons (Fsp3) is 0.500. The van der Waals surface area contributed by atoms with Gasteiger partial charge >= 0.3 is 0 Å². The van der Waals surface area contributed by atoms with Crippen LogP contribution in [0.3, 0.4) is 0 Å². The lowest BCUT2D eigenvalue weighted by atomic mass is 10.1. The molecular formula is C24H34N4. The van der Waals surface area contributed by atoms with Crippen molar-refractivity contribution in [2.24, 2.45) is 0 Å². The maximum absolute atomic E-state index is 2.65. The van der Waals surface area contributed by atoms with Gasteiger partial charge < -0.3 is 9.80 Å². The highest BCUT2D eigenvalue weighted by atomic mass is 15.3. The molecule has 0 atom stereocenters. The van der Waals surface area contributed by atoms with Crippen LogP contribution in [0.1, 0.15) is 12.0 Å².